The molecule has 0 N–H and O–H groups in total. The van der Waals surface area contributed by atoms with Gasteiger partial charge in [0.25, 0.3) is 0 Å². The van der Waals surface area contributed by atoms with Gasteiger partial charge in [0.15, 0.2) is 0 Å². The van der Waals surface area contributed by atoms with Gasteiger partial charge in [-0.25, -0.2) is 4.79 Å². The Morgan fingerprint density at radius 1 is 1.19 bits per heavy atom. The zero-order valence-electron chi connectivity index (χ0n) is 16.9. The molecule has 1 aliphatic heterocycles. The van der Waals surface area contributed by atoms with E-state index in [1.807, 2.05) is 6.07 Å². The maximum absolute atomic E-state index is 12.9. The molecule has 1 saturated carbocycles. The van der Waals surface area contributed by atoms with Gasteiger partial charge in [-0.1, -0.05) is 57.5 Å². The van der Waals surface area contributed by atoms with E-state index in [4.69, 9.17) is 4.74 Å². The van der Waals surface area contributed by atoms with Gasteiger partial charge in [0.1, 0.15) is 12.1 Å². The van der Waals surface area contributed by atoms with E-state index in [1.54, 1.807) is 4.90 Å². The summed E-state index contributed by atoms with van der Waals surface area (Å²) in [7, 11) is 0. The first kappa shape index (κ1) is 19.7. The number of hydrogen-bond donors (Lipinski definition) is 0. The van der Waals surface area contributed by atoms with Crippen LogP contribution in [-0.2, 0) is 10.2 Å². The molecule has 0 spiro atoms. The van der Waals surface area contributed by atoms with Gasteiger partial charge in [-0.15, -0.1) is 0 Å². The molecule has 4 heteroatoms. The molecule has 27 heavy (non-hydrogen) atoms. The second-order valence-electron chi connectivity index (χ2n) is 8.87. The molecule has 1 aromatic rings. The molecule has 2 fully saturated rings. The Morgan fingerprint density at radius 2 is 1.93 bits per heavy atom. The Bertz CT molecular complexity index is 679. The van der Waals surface area contributed by atoms with Crippen LogP contribution in [0.25, 0.3) is 0 Å². The zero-order valence-corrected chi connectivity index (χ0v) is 16.9. The summed E-state index contributed by atoms with van der Waals surface area (Å²) in [4.78, 5) is 14.6. The van der Waals surface area contributed by atoms with E-state index < -0.39 is 0 Å². The van der Waals surface area contributed by atoms with Crippen molar-refractivity contribution in [2.45, 2.75) is 76.9 Å². The number of carbonyl (C=O) groups is 1. The number of carbonyl (C=O) groups excluding carboxylic acids is 1. The standard InChI is InChI=1S/C23H32N2O2/c1-17-12-13-20(23(2,3)18-9-5-4-6-10-18)21(15-17)27-22(26)25-14-8-7-11-19(25)16-24/h4-6,9-10,17,19-21H,7-8,11-15H2,1-3H3/t17?,19-,20?,21?/m0/s1. The van der Waals surface area contributed by atoms with E-state index >= 15 is 0 Å². The summed E-state index contributed by atoms with van der Waals surface area (Å²) in [6, 6.07) is 12.5. The largest absolute Gasteiger partial charge is 0.446 e. The maximum atomic E-state index is 12.9. The first-order valence-electron chi connectivity index (χ1n) is 10.4. The summed E-state index contributed by atoms with van der Waals surface area (Å²) in [6.07, 6.45) is 5.44. The Labute approximate surface area is 163 Å². The summed E-state index contributed by atoms with van der Waals surface area (Å²) in [5, 5.41) is 9.39. The molecule has 0 radical (unpaired) electrons. The fraction of sp³-hybridized carbons (Fsp3) is 0.652. The van der Waals surface area contributed by atoms with Crippen molar-refractivity contribution in [1.82, 2.24) is 4.90 Å². The van der Waals surface area contributed by atoms with E-state index in [9.17, 15) is 10.1 Å². The monoisotopic (exact) mass is 368 g/mol. The molecule has 3 rings (SSSR count). The Morgan fingerprint density at radius 3 is 2.63 bits per heavy atom. The van der Waals surface area contributed by atoms with Crippen molar-refractivity contribution in [3.05, 3.63) is 35.9 Å². The predicted molar refractivity (Wildman–Crippen MR) is 106 cm³/mol. The molecule has 2 aliphatic rings. The van der Waals surface area contributed by atoms with Crippen LogP contribution < -0.4 is 0 Å². The van der Waals surface area contributed by atoms with Crippen LogP contribution >= 0.6 is 0 Å². The normalized spacial score (nSPS) is 29.0. The van der Waals surface area contributed by atoms with Gasteiger partial charge >= 0.3 is 6.09 Å². The van der Waals surface area contributed by atoms with Gasteiger partial charge in [0, 0.05) is 12.5 Å². The summed E-state index contributed by atoms with van der Waals surface area (Å²) in [5.74, 6) is 0.837. The lowest BCUT2D eigenvalue weighted by atomic mass is 9.64. The Kier molecular flexibility index (Phi) is 6.09. The number of likely N-dealkylation sites (tertiary alicyclic amines) is 1. The van der Waals surface area contributed by atoms with Crippen LogP contribution in [0.2, 0.25) is 0 Å². The highest BCUT2D eigenvalue weighted by Gasteiger charge is 2.43. The smallest absolute Gasteiger partial charge is 0.411 e. The summed E-state index contributed by atoms with van der Waals surface area (Å²) in [6.45, 7) is 7.41. The van der Waals surface area contributed by atoms with Gasteiger partial charge in [0.05, 0.1) is 6.07 Å². The second-order valence-corrected chi connectivity index (χ2v) is 8.87. The van der Waals surface area contributed by atoms with Crippen molar-refractivity contribution in [3.63, 3.8) is 0 Å². The van der Waals surface area contributed by atoms with Crippen LogP contribution in [0.15, 0.2) is 30.3 Å². The highest BCUT2D eigenvalue weighted by Crippen LogP contribution is 2.43. The van der Waals surface area contributed by atoms with Crippen molar-refractivity contribution in [2.24, 2.45) is 11.8 Å². The molecular formula is C23H32N2O2. The van der Waals surface area contributed by atoms with Gasteiger partial charge < -0.3 is 4.74 Å². The highest BCUT2D eigenvalue weighted by atomic mass is 16.6. The lowest BCUT2D eigenvalue weighted by Crippen LogP contribution is -2.48. The minimum Gasteiger partial charge on any atom is -0.446 e. The van der Waals surface area contributed by atoms with Crippen molar-refractivity contribution in [1.29, 1.82) is 5.26 Å². The fourth-order valence-corrected chi connectivity index (χ4v) is 4.85. The quantitative estimate of drug-likeness (QED) is 0.729. The zero-order chi connectivity index (χ0) is 19.4. The number of piperidine rings is 1. The van der Waals surface area contributed by atoms with Crippen molar-refractivity contribution < 1.29 is 9.53 Å². The summed E-state index contributed by atoms with van der Waals surface area (Å²) in [5.41, 5.74) is 1.22. The lowest BCUT2D eigenvalue weighted by Gasteiger charge is -2.44. The van der Waals surface area contributed by atoms with E-state index in [0.29, 0.717) is 12.5 Å². The van der Waals surface area contributed by atoms with Crippen LogP contribution in [-0.4, -0.2) is 29.7 Å². The first-order valence-corrected chi connectivity index (χ1v) is 10.4. The van der Waals surface area contributed by atoms with Crippen LogP contribution in [0.1, 0.15) is 64.9 Å². The highest BCUT2D eigenvalue weighted by molar-refractivity contribution is 5.69. The number of nitriles is 1. The average molecular weight is 369 g/mol. The molecule has 4 nitrogen and oxygen atoms in total. The fourth-order valence-electron chi connectivity index (χ4n) is 4.85. The number of nitrogens with zero attached hydrogens (tertiary/aromatic N) is 2. The molecule has 0 aromatic heterocycles. The van der Waals surface area contributed by atoms with Crippen molar-refractivity contribution >= 4 is 6.09 Å². The number of rotatable bonds is 3. The second kappa shape index (κ2) is 8.33. The number of ether oxygens (including phenoxy) is 1. The van der Waals surface area contributed by atoms with E-state index in [1.165, 1.54) is 12.0 Å². The molecule has 0 bridgehead atoms. The van der Waals surface area contributed by atoms with Crippen LogP contribution in [0.5, 0.6) is 0 Å². The molecule has 1 saturated heterocycles. The van der Waals surface area contributed by atoms with E-state index in [-0.39, 0.29) is 29.6 Å². The first-order chi connectivity index (χ1) is 12.9. The number of benzene rings is 1. The maximum Gasteiger partial charge on any atom is 0.411 e. The molecule has 3 unspecified atom stereocenters. The van der Waals surface area contributed by atoms with Crippen molar-refractivity contribution in [2.75, 3.05) is 6.54 Å². The average Bonchev–Trinajstić information content (AvgIpc) is 2.68. The Hall–Kier alpha value is -2.02. The van der Waals surface area contributed by atoms with Gasteiger partial charge in [0.2, 0.25) is 0 Å². The van der Waals surface area contributed by atoms with Gasteiger partial charge in [-0.2, -0.15) is 5.26 Å². The lowest BCUT2D eigenvalue weighted by molar-refractivity contribution is -0.0229. The van der Waals surface area contributed by atoms with Crippen molar-refractivity contribution in [3.8, 4) is 6.07 Å². The third-order valence-corrected chi connectivity index (χ3v) is 6.64. The topological polar surface area (TPSA) is 53.3 Å². The molecule has 4 atom stereocenters. The third-order valence-electron chi connectivity index (χ3n) is 6.64. The molecule has 1 aromatic carbocycles. The van der Waals surface area contributed by atoms with E-state index in [2.05, 4.69) is 51.1 Å². The van der Waals surface area contributed by atoms with Crippen LogP contribution in [0.3, 0.4) is 0 Å². The summed E-state index contributed by atoms with van der Waals surface area (Å²) >= 11 is 0. The summed E-state index contributed by atoms with van der Waals surface area (Å²) < 4.78 is 6.09. The van der Waals surface area contributed by atoms with Gasteiger partial charge in [-0.3, -0.25) is 4.90 Å². The van der Waals surface area contributed by atoms with Crippen LogP contribution in [0, 0.1) is 23.2 Å². The SMILES string of the molecule is CC1CCC(C(C)(C)c2ccccc2)C(OC(=O)N2CCCC[C@H]2C#N)C1. The molecule has 146 valence electrons. The molecule has 1 aliphatic carbocycles. The predicted octanol–water partition coefficient (Wildman–Crippen LogP) is 5.28. The Balaban J connectivity index is 1.78. The van der Waals surface area contributed by atoms with Gasteiger partial charge in [-0.05, 0) is 49.0 Å². The molecule has 1 amide bonds. The number of hydrogen-bond acceptors (Lipinski definition) is 3. The molecular weight excluding hydrogens is 336 g/mol. The molecule has 1 heterocycles. The van der Waals surface area contributed by atoms with Crippen LogP contribution in [0.4, 0.5) is 4.79 Å². The minimum absolute atomic E-state index is 0.0666. The minimum atomic E-state index is -0.340. The third kappa shape index (κ3) is 4.29. The number of amides is 1. The van der Waals surface area contributed by atoms with E-state index in [0.717, 1.165) is 32.1 Å².